The van der Waals surface area contributed by atoms with Gasteiger partial charge in [-0.2, -0.15) is 0 Å². The first kappa shape index (κ1) is 10.6. The highest BCUT2D eigenvalue weighted by atomic mass is 16.6. The maximum absolute atomic E-state index is 10.7. The zero-order valence-corrected chi connectivity index (χ0v) is 8.83. The van der Waals surface area contributed by atoms with E-state index in [0.29, 0.717) is 12.1 Å². The molecule has 1 unspecified atom stereocenters. The minimum absolute atomic E-state index is 0.119. The van der Waals surface area contributed by atoms with Crippen LogP contribution >= 0.6 is 0 Å². The van der Waals surface area contributed by atoms with Gasteiger partial charge in [0.15, 0.2) is 0 Å². The van der Waals surface area contributed by atoms with Crippen molar-refractivity contribution in [3.8, 4) is 0 Å². The molecule has 2 aromatic heterocycles. The molecule has 0 radical (unpaired) electrons. The summed E-state index contributed by atoms with van der Waals surface area (Å²) in [4.78, 5) is 14.0. The van der Waals surface area contributed by atoms with E-state index in [2.05, 4.69) is 4.98 Å². The van der Waals surface area contributed by atoms with Crippen molar-refractivity contribution in [3.63, 3.8) is 0 Å². The molecule has 0 saturated carbocycles. The third-order valence-corrected chi connectivity index (χ3v) is 2.61. The molecule has 16 heavy (non-hydrogen) atoms. The SMILES string of the molecule is CC(CN)c1cccc2c([N+](=O)[O-])ncn12. The molecule has 0 bridgehead atoms. The van der Waals surface area contributed by atoms with Crippen LogP contribution in [-0.2, 0) is 0 Å². The minimum Gasteiger partial charge on any atom is -0.358 e. The lowest BCUT2D eigenvalue weighted by Crippen LogP contribution is -2.12. The second kappa shape index (κ2) is 3.90. The van der Waals surface area contributed by atoms with Crippen molar-refractivity contribution in [1.29, 1.82) is 0 Å². The Morgan fingerprint density at radius 2 is 2.38 bits per heavy atom. The highest BCUT2D eigenvalue weighted by Gasteiger charge is 2.18. The van der Waals surface area contributed by atoms with E-state index in [1.54, 1.807) is 16.5 Å². The third-order valence-electron chi connectivity index (χ3n) is 2.61. The van der Waals surface area contributed by atoms with E-state index in [-0.39, 0.29) is 11.7 Å². The maximum Gasteiger partial charge on any atom is 0.389 e. The Kier molecular flexibility index (Phi) is 2.57. The summed E-state index contributed by atoms with van der Waals surface area (Å²) in [5.41, 5.74) is 7.03. The molecule has 0 amide bonds. The molecule has 6 nitrogen and oxygen atoms in total. The lowest BCUT2D eigenvalue weighted by molar-refractivity contribution is -0.387. The summed E-state index contributed by atoms with van der Waals surface area (Å²) in [6.07, 6.45) is 1.47. The second-order valence-electron chi connectivity index (χ2n) is 3.67. The van der Waals surface area contributed by atoms with Gasteiger partial charge in [-0.25, -0.2) is 0 Å². The van der Waals surface area contributed by atoms with Crippen LogP contribution in [0.15, 0.2) is 24.5 Å². The van der Waals surface area contributed by atoms with Gasteiger partial charge in [0.25, 0.3) is 0 Å². The molecular formula is C10H12N4O2. The van der Waals surface area contributed by atoms with Gasteiger partial charge in [0.2, 0.25) is 6.33 Å². The lowest BCUT2D eigenvalue weighted by atomic mass is 10.1. The molecule has 0 saturated heterocycles. The van der Waals surface area contributed by atoms with Gasteiger partial charge in [0, 0.05) is 18.2 Å². The van der Waals surface area contributed by atoms with Crippen molar-refractivity contribution in [1.82, 2.24) is 9.38 Å². The third kappa shape index (κ3) is 1.53. The Morgan fingerprint density at radius 1 is 1.62 bits per heavy atom. The molecule has 0 aromatic carbocycles. The van der Waals surface area contributed by atoms with Crippen LogP contribution in [-0.4, -0.2) is 20.9 Å². The molecule has 0 aliphatic carbocycles. The number of pyridine rings is 1. The zero-order valence-electron chi connectivity index (χ0n) is 8.83. The highest BCUT2D eigenvalue weighted by molar-refractivity contribution is 5.62. The largest absolute Gasteiger partial charge is 0.389 e. The van der Waals surface area contributed by atoms with Crippen LogP contribution in [0.25, 0.3) is 5.52 Å². The first-order chi connectivity index (χ1) is 7.65. The van der Waals surface area contributed by atoms with Gasteiger partial charge in [0.1, 0.15) is 5.52 Å². The van der Waals surface area contributed by atoms with E-state index in [1.165, 1.54) is 6.33 Å². The maximum atomic E-state index is 10.7. The summed E-state index contributed by atoms with van der Waals surface area (Å²) < 4.78 is 1.72. The van der Waals surface area contributed by atoms with E-state index < -0.39 is 4.92 Å². The molecule has 2 aromatic rings. The van der Waals surface area contributed by atoms with Gasteiger partial charge in [0.05, 0.1) is 0 Å². The van der Waals surface area contributed by atoms with Gasteiger partial charge in [-0.05, 0) is 22.0 Å². The molecule has 0 aliphatic heterocycles. The van der Waals surface area contributed by atoms with Gasteiger partial charge in [-0.1, -0.05) is 13.0 Å². The van der Waals surface area contributed by atoms with Gasteiger partial charge in [-0.3, -0.25) is 4.40 Å². The van der Waals surface area contributed by atoms with E-state index in [1.807, 2.05) is 13.0 Å². The Balaban J connectivity index is 2.66. The summed E-state index contributed by atoms with van der Waals surface area (Å²) >= 11 is 0. The summed E-state index contributed by atoms with van der Waals surface area (Å²) in [6.45, 7) is 2.46. The first-order valence-electron chi connectivity index (χ1n) is 4.95. The van der Waals surface area contributed by atoms with Crippen LogP contribution in [0.2, 0.25) is 0 Å². The smallest absolute Gasteiger partial charge is 0.358 e. The van der Waals surface area contributed by atoms with Crippen molar-refractivity contribution < 1.29 is 4.92 Å². The number of nitro groups is 1. The van der Waals surface area contributed by atoms with Crippen molar-refractivity contribution >= 4 is 11.3 Å². The van der Waals surface area contributed by atoms with E-state index in [0.717, 1.165) is 5.69 Å². The minimum atomic E-state index is -0.480. The Morgan fingerprint density at radius 3 is 3.00 bits per heavy atom. The number of imidazole rings is 1. The van der Waals surface area contributed by atoms with Gasteiger partial charge >= 0.3 is 5.82 Å². The standard InChI is InChI=1S/C10H12N4O2/c1-7(5-11)8-3-2-4-9-10(14(15)16)12-6-13(8)9/h2-4,6-7H,5,11H2,1H3. The van der Waals surface area contributed by atoms with Crippen molar-refractivity contribution in [2.75, 3.05) is 6.54 Å². The molecule has 0 aliphatic rings. The van der Waals surface area contributed by atoms with E-state index in [9.17, 15) is 10.1 Å². The number of hydrogen-bond donors (Lipinski definition) is 1. The summed E-state index contributed by atoms with van der Waals surface area (Å²) in [5.74, 6) is 0.0172. The fourth-order valence-corrected chi connectivity index (χ4v) is 1.69. The lowest BCUT2D eigenvalue weighted by Gasteiger charge is -2.10. The van der Waals surface area contributed by atoms with Gasteiger partial charge in [-0.15, -0.1) is 0 Å². The van der Waals surface area contributed by atoms with Crippen LogP contribution in [0.3, 0.4) is 0 Å². The molecule has 6 heteroatoms. The predicted molar refractivity (Wildman–Crippen MR) is 59.3 cm³/mol. The molecule has 0 spiro atoms. The first-order valence-corrected chi connectivity index (χ1v) is 4.95. The normalized spacial score (nSPS) is 12.9. The summed E-state index contributed by atoms with van der Waals surface area (Å²) in [5, 5.41) is 10.7. The summed E-state index contributed by atoms with van der Waals surface area (Å²) in [6, 6.07) is 5.36. The monoisotopic (exact) mass is 220 g/mol. The number of nitrogens with zero attached hydrogens (tertiary/aromatic N) is 3. The Hall–Kier alpha value is -1.95. The van der Waals surface area contributed by atoms with Gasteiger partial charge < -0.3 is 15.8 Å². The molecule has 2 heterocycles. The van der Waals surface area contributed by atoms with Crippen LogP contribution in [0.1, 0.15) is 18.5 Å². The highest BCUT2D eigenvalue weighted by Crippen LogP contribution is 2.22. The number of aromatic nitrogens is 2. The van der Waals surface area contributed by atoms with Crippen LogP contribution < -0.4 is 5.73 Å². The van der Waals surface area contributed by atoms with E-state index in [4.69, 9.17) is 5.73 Å². The van der Waals surface area contributed by atoms with Crippen molar-refractivity contribution in [3.05, 3.63) is 40.3 Å². The topological polar surface area (TPSA) is 86.5 Å². The molecule has 84 valence electrons. The molecule has 1 atom stereocenters. The average molecular weight is 220 g/mol. The molecule has 2 rings (SSSR count). The number of fused-ring (bicyclic) bond motifs is 1. The second-order valence-corrected chi connectivity index (χ2v) is 3.67. The number of nitrogens with two attached hydrogens (primary N) is 1. The van der Waals surface area contributed by atoms with Crippen molar-refractivity contribution in [2.24, 2.45) is 5.73 Å². The fourth-order valence-electron chi connectivity index (χ4n) is 1.69. The van der Waals surface area contributed by atoms with E-state index >= 15 is 0 Å². The van der Waals surface area contributed by atoms with Crippen LogP contribution in [0.4, 0.5) is 5.82 Å². The predicted octanol–water partition coefficient (Wildman–Crippen LogP) is 1.30. The van der Waals surface area contributed by atoms with Crippen LogP contribution in [0.5, 0.6) is 0 Å². The van der Waals surface area contributed by atoms with Crippen LogP contribution in [0, 0.1) is 10.1 Å². The fraction of sp³-hybridized carbons (Fsp3) is 0.300. The Labute approximate surface area is 91.9 Å². The van der Waals surface area contributed by atoms with Crippen molar-refractivity contribution in [2.45, 2.75) is 12.8 Å². The summed E-state index contributed by atoms with van der Waals surface area (Å²) in [7, 11) is 0. The molecule has 2 N–H and O–H groups in total. The average Bonchev–Trinajstić information content (AvgIpc) is 2.71. The Bertz CT molecular complexity index is 535. The molecule has 0 fully saturated rings. The molecular weight excluding hydrogens is 208 g/mol. The number of rotatable bonds is 3. The zero-order chi connectivity index (χ0) is 11.7. The quantitative estimate of drug-likeness (QED) is 0.624. The number of hydrogen-bond acceptors (Lipinski definition) is 4.